The molecule has 4 rings (SSSR count). The van der Waals surface area contributed by atoms with E-state index < -0.39 is 11.7 Å². The maximum absolute atomic E-state index is 13.4. The zero-order chi connectivity index (χ0) is 18.3. The molecule has 0 fully saturated rings. The van der Waals surface area contributed by atoms with Crippen LogP contribution < -0.4 is 10.6 Å². The highest BCUT2D eigenvalue weighted by Gasteiger charge is 2.31. The number of carbonyl (C=O) groups excluding carboxylic acids is 2. The average molecular weight is 352 g/mol. The highest BCUT2D eigenvalue weighted by molar-refractivity contribution is 6.01. The van der Waals surface area contributed by atoms with Crippen molar-refractivity contribution in [1.29, 1.82) is 0 Å². The summed E-state index contributed by atoms with van der Waals surface area (Å²) in [6.45, 7) is 0.249. The Bertz CT molecular complexity index is 1030. The topological polar surface area (TPSA) is 76.0 Å². The van der Waals surface area contributed by atoms with Crippen molar-refractivity contribution in [2.24, 2.45) is 7.05 Å². The molecule has 2 amide bonds. The number of halogens is 1. The zero-order valence-electron chi connectivity index (χ0n) is 14.1. The summed E-state index contributed by atoms with van der Waals surface area (Å²) in [5, 5.41) is 5.46. The SMILES string of the molecule is Cn1c(CNC(=O)[C@H]2CC(=O)Nc3cc(F)ccc32)nc2ccccc21. The van der Waals surface area contributed by atoms with E-state index in [4.69, 9.17) is 0 Å². The third-order valence-corrected chi connectivity index (χ3v) is 4.67. The van der Waals surface area contributed by atoms with Crippen LogP contribution in [0, 0.1) is 5.82 Å². The lowest BCUT2D eigenvalue weighted by molar-refractivity contribution is -0.126. The first kappa shape index (κ1) is 16.3. The van der Waals surface area contributed by atoms with Crippen LogP contribution in [0.25, 0.3) is 11.0 Å². The molecule has 1 atom stereocenters. The summed E-state index contributed by atoms with van der Waals surface area (Å²) in [5.74, 6) is -0.955. The monoisotopic (exact) mass is 352 g/mol. The highest BCUT2D eigenvalue weighted by atomic mass is 19.1. The summed E-state index contributed by atoms with van der Waals surface area (Å²) in [5.41, 5.74) is 2.81. The number of hydrogen-bond donors (Lipinski definition) is 2. The number of imidazole rings is 1. The molecule has 2 heterocycles. The minimum atomic E-state index is -0.644. The Morgan fingerprint density at radius 2 is 2.15 bits per heavy atom. The lowest BCUT2D eigenvalue weighted by atomic mass is 9.89. The minimum absolute atomic E-state index is 0.0347. The van der Waals surface area contributed by atoms with Gasteiger partial charge in [0.05, 0.1) is 23.5 Å². The molecular weight excluding hydrogens is 335 g/mol. The summed E-state index contributed by atoms with van der Waals surface area (Å²) in [6, 6.07) is 11.8. The van der Waals surface area contributed by atoms with Gasteiger partial charge in [-0.1, -0.05) is 18.2 Å². The number of amides is 2. The van der Waals surface area contributed by atoms with E-state index in [2.05, 4.69) is 15.6 Å². The lowest BCUT2D eigenvalue weighted by Gasteiger charge is -2.24. The largest absolute Gasteiger partial charge is 0.348 e. The molecule has 0 radical (unpaired) electrons. The van der Waals surface area contributed by atoms with Crippen molar-refractivity contribution in [2.75, 3.05) is 5.32 Å². The second-order valence-corrected chi connectivity index (χ2v) is 6.33. The van der Waals surface area contributed by atoms with Gasteiger partial charge in [0.2, 0.25) is 11.8 Å². The normalized spacial score (nSPS) is 16.2. The molecule has 2 aromatic carbocycles. The van der Waals surface area contributed by atoms with Gasteiger partial charge in [0, 0.05) is 19.2 Å². The lowest BCUT2D eigenvalue weighted by Crippen LogP contribution is -2.35. The van der Waals surface area contributed by atoms with Crippen LogP contribution in [0.3, 0.4) is 0 Å². The third kappa shape index (κ3) is 2.81. The predicted molar refractivity (Wildman–Crippen MR) is 94.9 cm³/mol. The number of benzene rings is 2. The molecule has 0 aliphatic carbocycles. The zero-order valence-corrected chi connectivity index (χ0v) is 14.1. The molecule has 0 bridgehead atoms. The van der Waals surface area contributed by atoms with E-state index in [0.29, 0.717) is 11.3 Å². The molecule has 26 heavy (non-hydrogen) atoms. The summed E-state index contributed by atoms with van der Waals surface area (Å²) >= 11 is 0. The molecule has 0 saturated heterocycles. The molecule has 1 aliphatic rings. The van der Waals surface area contributed by atoms with Gasteiger partial charge in [-0.25, -0.2) is 9.37 Å². The number of aromatic nitrogens is 2. The first-order valence-electron chi connectivity index (χ1n) is 8.30. The molecular formula is C19H17FN4O2. The van der Waals surface area contributed by atoms with Crippen molar-refractivity contribution < 1.29 is 14.0 Å². The van der Waals surface area contributed by atoms with E-state index in [1.807, 2.05) is 35.9 Å². The van der Waals surface area contributed by atoms with Crippen molar-refractivity contribution in [3.63, 3.8) is 0 Å². The average Bonchev–Trinajstić information content (AvgIpc) is 2.95. The third-order valence-electron chi connectivity index (χ3n) is 4.67. The number of aryl methyl sites for hydroxylation is 1. The van der Waals surface area contributed by atoms with Crippen LogP contribution in [-0.2, 0) is 23.2 Å². The fourth-order valence-corrected chi connectivity index (χ4v) is 3.31. The Balaban J connectivity index is 1.55. The standard InChI is InChI=1S/C19H17FN4O2/c1-24-16-5-3-2-4-14(16)22-17(24)10-21-19(26)13-9-18(25)23-15-8-11(20)6-7-12(13)15/h2-8,13H,9-10H2,1H3,(H,21,26)(H,23,25)/t13-/m0/s1. The molecule has 1 aliphatic heterocycles. The van der Waals surface area contributed by atoms with Gasteiger partial charge in [-0.3, -0.25) is 9.59 Å². The molecule has 132 valence electrons. The van der Waals surface area contributed by atoms with Crippen LogP contribution in [0.4, 0.5) is 10.1 Å². The quantitative estimate of drug-likeness (QED) is 0.760. The van der Waals surface area contributed by atoms with Gasteiger partial charge >= 0.3 is 0 Å². The minimum Gasteiger partial charge on any atom is -0.348 e. The highest BCUT2D eigenvalue weighted by Crippen LogP contribution is 2.32. The maximum atomic E-state index is 13.4. The van der Waals surface area contributed by atoms with Gasteiger partial charge in [0.15, 0.2) is 0 Å². The van der Waals surface area contributed by atoms with E-state index in [1.165, 1.54) is 12.1 Å². The van der Waals surface area contributed by atoms with Crippen molar-refractivity contribution in [3.05, 3.63) is 59.7 Å². The van der Waals surface area contributed by atoms with Crippen molar-refractivity contribution in [3.8, 4) is 0 Å². The Morgan fingerprint density at radius 3 is 2.96 bits per heavy atom. The van der Waals surface area contributed by atoms with Gasteiger partial charge < -0.3 is 15.2 Å². The van der Waals surface area contributed by atoms with Gasteiger partial charge in [-0.05, 0) is 29.8 Å². The predicted octanol–water partition coefficient (Wildman–Crippen LogP) is 2.45. The van der Waals surface area contributed by atoms with E-state index >= 15 is 0 Å². The second-order valence-electron chi connectivity index (χ2n) is 6.33. The fourth-order valence-electron chi connectivity index (χ4n) is 3.31. The number of nitrogens with one attached hydrogen (secondary N) is 2. The van der Waals surface area contributed by atoms with Crippen LogP contribution in [0.15, 0.2) is 42.5 Å². The fraction of sp³-hybridized carbons (Fsp3) is 0.211. The number of rotatable bonds is 3. The molecule has 2 N–H and O–H groups in total. The Hall–Kier alpha value is -3.22. The van der Waals surface area contributed by atoms with Crippen LogP contribution in [0.1, 0.15) is 23.7 Å². The first-order chi connectivity index (χ1) is 12.5. The van der Waals surface area contributed by atoms with Crippen LogP contribution in [-0.4, -0.2) is 21.4 Å². The van der Waals surface area contributed by atoms with Gasteiger partial charge in [-0.15, -0.1) is 0 Å². The summed E-state index contributed by atoms with van der Waals surface area (Å²) < 4.78 is 15.3. The number of anilines is 1. The van der Waals surface area contributed by atoms with Gasteiger partial charge in [0.25, 0.3) is 0 Å². The molecule has 1 aromatic heterocycles. The summed E-state index contributed by atoms with van der Waals surface area (Å²) in [4.78, 5) is 29.1. The molecule has 3 aromatic rings. The van der Waals surface area contributed by atoms with Crippen molar-refractivity contribution in [2.45, 2.75) is 18.9 Å². The van der Waals surface area contributed by atoms with Crippen LogP contribution >= 0.6 is 0 Å². The Kier molecular flexibility index (Phi) is 3.91. The van der Waals surface area contributed by atoms with Crippen LogP contribution in [0.5, 0.6) is 0 Å². The summed E-state index contributed by atoms with van der Waals surface area (Å²) in [7, 11) is 1.89. The first-order valence-corrected chi connectivity index (χ1v) is 8.30. The second kappa shape index (κ2) is 6.25. The van der Waals surface area contributed by atoms with E-state index in [9.17, 15) is 14.0 Å². The Labute approximate surface area is 149 Å². The molecule has 7 heteroatoms. The Morgan fingerprint density at radius 1 is 1.35 bits per heavy atom. The van der Waals surface area contributed by atoms with Gasteiger partial charge in [-0.2, -0.15) is 0 Å². The number of nitrogens with zero attached hydrogens (tertiary/aromatic N) is 2. The number of carbonyl (C=O) groups is 2. The van der Waals surface area contributed by atoms with Crippen molar-refractivity contribution in [1.82, 2.24) is 14.9 Å². The van der Waals surface area contributed by atoms with Crippen LogP contribution in [0.2, 0.25) is 0 Å². The molecule has 0 saturated carbocycles. The van der Waals surface area contributed by atoms with E-state index in [-0.39, 0.29) is 24.8 Å². The molecule has 6 nitrogen and oxygen atoms in total. The number of fused-ring (bicyclic) bond motifs is 2. The number of hydrogen-bond acceptors (Lipinski definition) is 3. The maximum Gasteiger partial charge on any atom is 0.228 e. The van der Waals surface area contributed by atoms with Gasteiger partial charge in [0.1, 0.15) is 11.6 Å². The summed E-state index contributed by atoms with van der Waals surface area (Å²) in [6.07, 6.45) is 0.0347. The van der Waals surface area contributed by atoms with E-state index in [0.717, 1.165) is 16.9 Å². The smallest absolute Gasteiger partial charge is 0.228 e. The molecule has 0 unspecified atom stereocenters. The number of para-hydroxylation sites is 2. The molecule has 0 spiro atoms. The van der Waals surface area contributed by atoms with E-state index in [1.54, 1.807) is 6.07 Å². The van der Waals surface area contributed by atoms with Crippen molar-refractivity contribution >= 4 is 28.5 Å².